The SMILES string of the molecule is CC(C)CNCCC(C)c1ccncc1F. The standard InChI is InChI=1S/C13H21FN2/c1-10(2)8-15-6-4-11(3)12-5-7-16-9-13(12)14/h5,7,9-11,15H,4,6,8H2,1-3H3. The number of pyridine rings is 1. The number of nitrogens with one attached hydrogen (secondary N) is 1. The van der Waals surface area contributed by atoms with Gasteiger partial charge in [0.2, 0.25) is 0 Å². The van der Waals surface area contributed by atoms with Gasteiger partial charge in [0.1, 0.15) is 5.82 Å². The van der Waals surface area contributed by atoms with Crippen LogP contribution in [0.4, 0.5) is 4.39 Å². The highest BCUT2D eigenvalue weighted by Crippen LogP contribution is 2.20. The first-order chi connectivity index (χ1) is 7.61. The van der Waals surface area contributed by atoms with Crippen LogP contribution in [0.2, 0.25) is 0 Å². The van der Waals surface area contributed by atoms with E-state index in [0.717, 1.165) is 25.1 Å². The molecule has 1 unspecified atom stereocenters. The van der Waals surface area contributed by atoms with Crippen LogP contribution in [0.1, 0.15) is 38.7 Å². The maximum Gasteiger partial charge on any atom is 0.144 e. The minimum absolute atomic E-state index is 0.196. The average molecular weight is 224 g/mol. The van der Waals surface area contributed by atoms with Gasteiger partial charge < -0.3 is 5.32 Å². The summed E-state index contributed by atoms with van der Waals surface area (Å²) < 4.78 is 13.4. The number of hydrogen-bond acceptors (Lipinski definition) is 2. The molecular formula is C13H21FN2. The molecule has 0 fully saturated rings. The van der Waals surface area contributed by atoms with Gasteiger partial charge in [0.05, 0.1) is 6.20 Å². The topological polar surface area (TPSA) is 24.9 Å². The van der Waals surface area contributed by atoms with Crippen LogP contribution < -0.4 is 5.32 Å². The summed E-state index contributed by atoms with van der Waals surface area (Å²) in [6.45, 7) is 8.36. The van der Waals surface area contributed by atoms with E-state index >= 15 is 0 Å². The van der Waals surface area contributed by atoms with Crippen LogP contribution in [0.3, 0.4) is 0 Å². The third-order valence-electron chi connectivity index (χ3n) is 2.64. The van der Waals surface area contributed by atoms with Gasteiger partial charge >= 0.3 is 0 Å². The average Bonchev–Trinajstić information content (AvgIpc) is 2.24. The van der Waals surface area contributed by atoms with Crippen molar-refractivity contribution < 1.29 is 4.39 Å². The second-order valence-corrected chi connectivity index (χ2v) is 4.68. The molecule has 3 heteroatoms. The summed E-state index contributed by atoms with van der Waals surface area (Å²) in [6, 6.07) is 1.77. The predicted molar refractivity (Wildman–Crippen MR) is 64.9 cm³/mol. The summed E-state index contributed by atoms with van der Waals surface area (Å²) in [7, 11) is 0. The molecule has 0 saturated carbocycles. The first-order valence-corrected chi connectivity index (χ1v) is 5.91. The predicted octanol–water partition coefficient (Wildman–Crippen LogP) is 2.96. The van der Waals surface area contributed by atoms with E-state index < -0.39 is 0 Å². The Morgan fingerprint density at radius 2 is 2.12 bits per heavy atom. The summed E-state index contributed by atoms with van der Waals surface area (Å²) in [4.78, 5) is 3.76. The van der Waals surface area contributed by atoms with Gasteiger partial charge in [-0.1, -0.05) is 20.8 Å². The Hall–Kier alpha value is -0.960. The van der Waals surface area contributed by atoms with Gasteiger partial charge in [0.25, 0.3) is 0 Å². The lowest BCUT2D eigenvalue weighted by Crippen LogP contribution is -2.22. The van der Waals surface area contributed by atoms with Crippen LogP contribution in [0.15, 0.2) is 18.5 Å². The number of halogens is 1. The van der Waals surface area contributed by atoms with Crippen molar-refractivity contribution in [3.05, 3.63) is 29.8 Å². The minimum atomic E-state index is -0.196. The molecule has 0 radical (unpaired) electrons. The summed E-state index contributed by atoms with van der Waals surface area (Å²) >= 11 is 0. The maximum atomic E-state index is 13.4. The van der Waals surface area contributed by atoms with Crippen molar-refractivity contribution in [2.45, 2.75) is 33.1 Å². The van der Waals surface area contributed by atoms with E-state index in [9.17, 15) is 4.39 Å². The van der Waals surface area contributed by atoms with Crippen molar-refractivity contribution in [1.29, 1.82) is 0 Å². The number of hydrogen-bond donors (Lipinski definition) is 1. The van der Waals surface area contributed by atoms with E-state index in [1.54, 1.807) is 12.3 Å². The van der Waals surface area contributed by atoms with Crippen molar-refractivity contribution in [3.63, 3.8) is 0 Å². The molecule has 0 aliphatic carbocycles. The summed E-state index contributed by atoms with van der Waals surface area (Å²) in [6.07, 6.45) is 3.89. The van der Waals surface area contributed by atoms with Gasteiger partial charge in [-0.15, -0.1) is 0 Å². The third-order valence-corrected chi connectivity index (χ3v) is 2.64. The molecule has 0 spiro atoms. The molecule has 1 rings (SSSR count). The highest BCUT2D eigenvalue weighted by molar-refractivity contribution is 5.17. The Balaban J connectivity index is 2.35. The molecule has 16 heavy (non-hydrogen) atoms. The molecule has 1 aromatic heterocycles. The van der Waals surface area contributed by atoms with Gasteiger partial charge in [-0.05, 0) is 43.0 Å². The Morgan fingerprint density at radius 1 is 1.38 bits per heavy atom. The quantitative estimate of drug-likeness (QED) is 0.751. The first kappa shape index (κ1) is 13.1. The van der Waals surface area contributed by atoms with Gasteiger partial charge in [-0.3, -0.25) is 4.98 Å². The lowest BCUT2D eigenvalue weighted by Gasteiger charge is -2.13. The normalized spacial score (nSPS) is 13.1. The van der Waals surface area contributed by atoms with Crippen LogP contribution in [-0.4, -0.2) is 18.1 Å². The first-order valence-electron chi connectivity index (χ1n) is 5.91. The molecule has 1 aromatic rings. The third kappa shape index (κ3) is 4.27. The van der Waals surface area contributed by atoms with Gasteiger partial charge in [0.15, 0.2) is 0 Å². The Bertz CT molecular complexity index is 313. The largest absolute Gasteiger partial charge is 0.316 e. The molecule has 0 bridgehead atoms. The van der Waals surface area contributed by atoms with E-state index in [2.05, 4.69) is 31.1 Å². The second kappa shape index (κ2) is 6.59. The van der Waals surface area contributed by atoms with E-state index in [0.29, 0.717) is 5.92 Å². The fourth-order valence-electron chi connectivity index (χ4n) is 1.65. The van der Waals surface area contributed by atoms with Crippen molar-refractivity contribution >= 4 is 0 Å². The van der Waals surface area contributed by atoms with Crippen molar-refractivity contribution in [2.75, 3.05) is 13.1 Å². The van der Waals surface area contributed by atoms with Crippen molar-refractivity contribution in [3.8, 4) is 0 Å². The molecular weight excluding hydrogens is 203 g/mol. The summed E-state index contributed by atoms with van der Waals surface area (Å²) in [5.41, 5.74) is 0.765. The molecule has 0 aromatic carbocycles. The van der Waals surface area contributed by atoms with Crippen LogP contribution >= 0.6 is 0 Å². The molecule has 2 nitrogen and oxygen atoms in total. The molecule has 1 N–H and O–H groups in total. The second-order valence-electron chi connectivity index (χ2n) is 4.68. The van der Waals surface area contributed by atoms with Crippen LogP contribution in [0.5, 0.6) is 0 Å². The smallest absolute Gasteiger partial charge is 0.144 e. The summed E-state index contributed by atoms with van der Waals surface area (Å²) in [5, 5.41) is 3.37. The fourth-order valence-corrected chi connectivity index (χ4v) is 1.65. The van der Waals surface area contributed by atoms with E-state index in [-0.39, 0.29) is 11.7 Å². The number of rotatable bonds is 6. The molecule has 0 aliphatic heterocycles. The zero-order chi connectivity index (χ0) is 12.0. The highest BCUT2D eigenvalue weighted by atomic mass is 19.1. The Kier molecular flexibility index (Phi) is 5.39. The van der Waals surface area contributed by atoms with Gasteiger partial charge in [-0.2, -0.15) is 0 Å². The highest BCUT2D eigenvalue weighted by Gasteiger charge is 2.09. The zero-order valence-corrected chi connectivity index (χ0v) is 10.3. The lowest BCUT2D eigenvalue weighted by atomic mass is 9.98. The fraction of sp³-hybridized carbons (Fsp3) is 0.615. The molecule has 0 amide bonds. The van der Waals surface area contributed by atoms with Crippen LogP contribution in [-0.2, 0) is 0 Å². The van der Waals surface area contributed by atoms with Gasteiger partial charge in [0, 0.05) is 6.20 Å². The Labute approximate surface area is 97.3 Å². The zero-order valence-electron chi connectivity index (χ0n) is 10.3. The molecule has 0 aliphatic rings. The Morgan fingerprint density at radius 3 is 2.75 bits per heavy atom. The monoisotopic (exact) mass is 224 g/mol. The molecule has 1 atom stereocenters. The number of aromatic nitrogens is 1. The van der Waals surface area contributed by atoms with Crippen molar-refractivity contribution in [2.24, 2.45) is 5.92 Å². The maximum absolute atomic E-state index is 13.4. The van der Waals surface area contributed by atoms with Crippen molar-refractivity contribution in [1.82, 2.24) is 10.3 Å². The van der Waals surface area contributed by atoms with E-state index in [1.165, 1.54) is 6.20 Å². The lowest BCUT2D eigenvalue weighted by molar-refractivity contribution is 0.513. The molecule has 0 saturated heterocycles. The van der Waals surface area contributed by atoms with Crippen LogP contribution in [0, 0.1) is 11.7 Å². The minimum Gasteiger partial charge on any atom is -0.316 e. The summed E-state index contributed by atoms with van der Waals surface area (Å²) in [5.74, 6) is 0.703. The molecule has 90 valence electrons. The number of nitrogens with zero attached hydrogens (tertiary/aromatic N) is 1. The van der Waals surface area contributed by atoms with E-state index in [1.807, 2.05) is 0 Å². The van der Waals surface area contributed by atoms with E-state index in [4.69, 9.17) is 0 Å². The molecule has 1 heterocycles. The van der Waals surface area contributed by atoms with Gasteiger partial charge in [-0.25, -0.2) is 4.39 Å². The van der Waals surface area contributed by atoms with Crippen LogP contribution in [0.25, 0.3) is 0 Å².